The fourth-order valence-corrected chi connectivity index (χ4v) is 5.89. The second kappa shape index (κ2) is 8.55. The van der Waals surface area contributed by atoms with Crippen LogP contribution in [-0.2, 0) is 42.0 Å². The number of hydrogen-bond acceptors (Lipinski definition) is 6. The molecule has 0 N–H and O–H groups in total. The second-order valence-corrected chi connectivity index (χ2v) is 12.3. The summed E-state index contributed by atoms with van der Waals surface area (Å²) in [6, 6.07) is 6.56. The number of sulfone groups is 1. The molecule has 1 amide bonds. The first kappa shape index (κ1) is 26.2. The van der Waals surface area contributed by atoms with Gasteiger partial charge < -0.3 is 14.5 Å². The molecule has 2 aromatic carbocycles. The van der Waals surface area contributed by atoms with E-state index in [-0.39, 0.29) is 25.4 Å². The van der Waals surface area contributed by atoms with E-state index in [2.05, 4.69) is 5.16 Å². The van der Waals surface area contributed by atoms with E-state index in [1.54, 1.807) is 18.2 Å². The van der Waals surface area contributed by atoms with Crippen LogP contribution in [0.1, 0.15) is 28.7 Å². The molecule has 3 heterocycles. The summed E-state index contributed by atoms with van der Waals surface area (Å²) in [6.45, 7) is 0.450. The number of halogens is 6. The van der Waals surface area contributed by atoms with Crippen LogP contribution in [0.15, 0.2) is 35.5 Å². The number of carbonyl (C=O) groups is 1. The third-order valence-corrected chi connectivity index (χ3v) is 8.03. The number of carbonyl (C=O) groups excluding carboxylic acids is 1. The highest BCUT2D eigenvalue weighted by molar-refractivity contribution is 7.91. The summed E-state index contributed by atoms with van der Waals surface area (Å²) in [7, 11) is -3.50. The van der Waals surface area contributed by atoms with Crippen LogP contribution in [0.3, 0.4) is 0 Å². The molecule has 0 bridgehead atoms. The number of likely N-dealkylation sites (tertiary alicyclic amines) is 1. The van der Waals surface area contributed by atoms with E-state index < -0.39 is 66.7 Å². The molecular weight excluding hydrogens is 563 g/mol. The topological polar surface area (TPSA) is 85.3 Å². The highest BCUT2D eigenvalue weighted by Gasteiger charge is 2.62. The van der Waals surface area contributed by atoms with Crippen LogP contribution in [-0.4, -0.2) is 56.2 Å². The summed E-state index contributed by atoms with van der Waals surface area (Å²) in [4.78, 5) is 18.6. The number of oxime groups is 1. The third kappa shape index (κ3) is 4.37. The van der Waals surface area contributed by atoms with Crippen molar-refractivity contribution in [1.82, 2.24) is 4.90 Å². The van der Waals surface area contributed by atoms with Crippen molar-refractivity contribution in [3.63, 3.8) is 0 Å². The Morgan fingerprint density at radius 2 is 1.81 bits per heavy atom. The standard InChI is InChI=1S/C23H18Cl2F4N2O5S/c1-37(33,34)9-19(32)31-10-21(11-31)15-4-12(2-3-13(15)8-35-21)18-7-22(36-30-18,23(27,28)29)14-5-16(24)20(26)17(25)6-14/h2-6H,7-11H2,1H3/t22-/m0/s1. The van der Waals surface area contributed by atoms with Gasteiger partial charge in [-0.15, -0.1) is 0 Å². The zero-order valence-electron chi connectivity index (χ0n) is 19.0. The monoisotopic (exact) mass is 580 g/mol. The maximum Gasteiger partial charge on any atom is 0.435 e. The number of benzene rings is 2. The molecule has 37 heavy (non-hydrogen) atoms. The molecule has 0 aliphatic carbocycles. The molecule has 1 fully saturated rings. The molecular formula is C23H18Cl2F4N2O5S. The van der Waals surface area contributed by atoms with Gasteiger partial charge in [-0.2, -0.15) is 13.2 Å². The van der Waals surface area contributed by atoms with Crippen molar-refractivity contribution in [2.24, 2.45) is 5.16 Å². The molecule has 1 spiro atoms. The summed E-state index contributed by atoms with van der Waals surface area (Å²) in [6.07, 6.45) is -4.70. The quantitative estimate of drug-likeness (QED) is 0.397. The Balaban J connectivity index is 1.42. The van der Waals surface area contributed by atoms with E-state index in [1.807, 2.05) is 0 Å². The summed E-state index contributed by atoms with van der Waals surface area (Å²) < 4.78 is 85.7. The average Bonchev–Trinajstić information content (AvgIpc) is 3.37. The van der Waals surface area contributed by atoms with Crippen LogP contribution in [0.4, 0.5) is 17.6 Å². The summed E-state index contributed by atoms with van der Waals surface area (Å²) in [5.41, 5.74) is -2.52. The lowest BCUT2D eigenvalue weighted by Crippen LogP contribution is -2.62. The molecule has 0 saturated carbocycles. The normalized spacial score (nSPS) is 22.5. The van der Waals surface area contributed by atoms with Crippen LogP contribution >= 0.6 is 23.2 Å². The van der Waals surface area contributed by atoms with Crippen molar-refractivity contribution < 1.29 is 40.3 Å². The van der Waals surface area contributed by atoms with Crippen LogP contribution in [0.5, 0.6) is 0 Å². The van der Waals surface area contributed by atoms with E-state index in [9.17, 15) is 30.8 Å². The molecule has 0 radical (unpaired) electrons. The number of ether oxygens (including phenoxy) is 1. The Morgan fingerprint density at radius 1 is 1.16 bits per heavy atom. The number of fused-ring (bicyclic) bond motifs is 2. The van der Waals surface area contributed by atoms with Crippen molar-refractivity contribution in [3.8, 4) is 0 Å². The SMILES string of the molecule is CS(=O)(=O)CC(=O)N1CC2(C1)OCc1ccc(C3=NO[C@@](c4cc(Cl)c(F)c(Cl)c4)(C(F)(F)F)C3)cc12. The Labute approximate surface area is 218 Å². The summed E-state index contributed by atoms with van der Waals surface area (Å²) >= 11 is 11.5. The zero-order chi connectivity index (χ0) is 27.0. The van der Waals surface area contributed by atoms with Gasteiger partial charge in [-0.3, -0.25) is 4.79 Å². The molecule has 3 aliphatic rings. The van der Waals surface area contributed by atoms with Gasteiger partial charge in [0.25, 0.3) is 5.60 Å². The minimum absolute atomic E-state index is 0.0110. The Bertz CT molecular complexity index is 1430. The van der Waals surface area contributed by atoms with Crippen molar-refractivity contribution in [2.75, 3.05) is 25.1 Å². The smallest absolute Gasteiger partial charge is 0.374 e. The first-order valence-corrected chi connectivity index (χ1v) is 13.7. The highest BCUT2D eigenvalue weighted by atomic mass is 35.5. The molecule has 0 aromatic heterocycles. The second-order valence-electron chi connectivity index (χ2n) is 9.36. The first-order chi connectivity index (χ1) is 17.1. The third-order valence-electron chi connectivity index (χ3n) is 6.70. The molecule has 2 aromatic rings. The summed E-state index contributed by atoms with van der Waals surface area (Å²) in [5.74, 6) is -2.22. The van der Waals surface area contributed by atoms with Gasteiger partial charge in [0, 0.05) is 18.2 Å². The maximum atomic E-state index is 14.3. The van der Waals surface area contributed by atoms with Crippen molar-refractivity contribution in [3.05, 3.63) is 68.4 Å². The molecule has 198 valence electrons. The lowest BCUT2D eigenvalue weighted by atomic mass is 9.82. The van der Waals surface area contributed by atoms with E-state index >= 15 is 0 Å². The summed E-state index contributed by atoms with van der Waals surface area (Å²) in [5, 5.41) is 2.56. The number of hydrogen-bond donors (Lipinski definition) is 0. The van der Waals surface area contributed by atoms with Crippen molar-refractivity contribution in [2.45, 2.75) is 30.4 Å². The molecule has 1 atom stereocenters. The lowest BCUT2D eigenvalue weighted by molar-refractivity contribution is -0.275. The number of amides is 1. The molecule has 14 heteroatoms. The maximum absolute atomic E-state index is 14.3. The van der Waals surface area contributed by atoms with Gasteiger partial charge in [0.2, 0.25) is 5.91 Å². The zero-order valence-corrected chi connectivity index (χ0v) is 21.4. The number of alkyl halides is 3. The van der Waals surface area contributed by atoms with Crippen LogP contribution in [0.2, 0.25) is 10.0 Å². The Kier molecular flexibility index (Phi) is 6.06. The minimum atomic E-state index is -4.95. The molecule has 1 saturated heterocycles. The highest BCUT2D eigenvalue weighted by Crippen LogP contribution is 2.51. The van der Waals surface area contributed by atoms with Crippen LogP contribution in [0.25, 0.3) is 0 Å². The van der Waals surface area contributed by atoms with E-state index in [0.717, 1.165) is 24.0 Å². The number of rotatable bonds is 4. The van der Waals surface area contributed by atoms with Crippen molar-refractivity contribution in [1.29, 1.82) is 0 Å². The van der Waals surface area contributed by atoms with Crippen LogP contribution < -0.4 is 0 Å². The van der Waals surface area contributed by atoms with Gasteiger partial charge in [0.1, 0.15) is 11.4 Å². The van der Waals surface area contributed by atoms with E-state index in [1.165, 1.54) is 4.90 Å². The average molecular weight is 581 g/mol. The largest absolute Gasteiger partial charge is 0.435 e. The predicted molar refractivity (Wildman–Crippen MR) is 126 cm³/mol. The molecule has 0 unspecified atom stereocenters. The van der Waals surface area contributed by atoms with Gasteiger partial charge in [0.15, 0.2) is 15.7 Å². The molecule has 3 aliphatic heterocycles. The first-order valence-electron chi connectivity index (χ1n) is 10.8. The molecule has 5 rings (SSSR count). The fourth-order valence-electron chi connectivity index (χ4n) is 4.77. The van der Waals surface area contributed by atoms with E-state index in [0.29, 0.717) is 11.1 Å². The fraction of sp³-hybridized carbons (Fsp3) is 0.391. The van der Waals surface area contributed by atoms with Crippen molar-refractivity contribution >= 4 is 44.7 Å². The lowest BCUT2D eigenvalue weighted by Gasteiger charge is -2.47. The predicted octanol–water partition coefficient (Wildman–Crippen LogP) is 4.33. The number of nitrogens with zero attached hydrogens (tertiary/aromatic N) is 2. The Morgan fingerprint density at radius 3 is 2.41 bits per heavy atom. The van der Waals surface area contributed by atoms with Crippen LogP contribution in [0, 0.1) is 5.82 Å². The van der Waals surface area contributed by atoms with Gasteiger partial charge in [-0.25, -0.2) is 12.8 Å². The van der Waals surface area contributed by atoms with Gasteiger partial charge >= 0.3 is 6.18 Å². The van der Waals surface area contributed by atoms with Gasteiger partial charge in [-0.1, -0.05) is 40.5 Å². The Hall–Kier alpha value is -2.41. The minimum Gasteiger partial charge on any atom is -0.374 e. The van der Waals surface area contributed by atoms with Gasteiger partial charge in [-0.05, 0) is 34.9 Å². The van der Waals surface area contributed by atoms with E-state index in [4.69, 9.17) is 32.8 Å². The molecule has 7 nitrogen and oxygen atoms in total. The van der Waals surface area contributed by atoms with Gasteiger partial charge in [0.05, 0.1) is 35.5 Å².